The summed E-state index contributed by atoms with van der Waals surface area (Å²) in [6.07, 6.45) is 4.50. The summed E-state index contributed by atoms with van der Waals surface area (Å²) < 4.78 is 5.37. The second kappa shape index (κ2) is 5.09. The molecule has 2 aromatic rings. The van der Waals surface area contributed by atoms with Crippen molar-refractivity contribution in [2.45, 2.75) is 19.4 Å². The number of carbonyl (C=O) groups is 1. The largest absolute Gasteiger partial charge is 0.368 e. The standard InChI is InChI=1S/C13H17N5O2/c1-2-8-3-15-12-11(8)13(17-7-16-12)18-4-9(5-18)20-6-10(14)19/h3,7,9H,2,4-6H2,1H3,(H2,14,19)(H,15,16,17). The van der Waals surface area contributed by atoms with Gasteiger partial charge in [0.1, 0.15) is 24.4 Å². The van der Waals surface area contributed by atoms with E-state index in [9.17, 15) is 4.79 Å². The zero-order chi connectivity index (χ0) is 14.1. The summed E-state index contributed by atoms with van der Waals surface area (Å²) in [6.45, 7) is 3.51. The number of nitrogens with one attached hydrogen (secondary N) is 1. The molecule has 3 rings (SSSR count). The van der Waals surface area contributed by atoms with Crippen molar-refractivity contribution in [3.05, 3.63) is 18.1 Å². The van der Waals surface area contributed by atoms with Crippen molar-refractivity contribution in [2.24, 2.45) is 5.73 Å². The van der Waals surface area contributed by atoms with Crippen molar-refractivity contribution in [1.29, 1.82) is 0 Å². The smallest absolute Gasteiger partial charge is 0.243 e. The van der Waals surface area contributed by atoms with E-state index in [1.165, 1.54) is 5.56 Å². The van der Waals surface area contributed by atoms with Crippen LogP contribution >= 0.6 is 0 Å². The second-order valence-corrected chi connectivity index (χ2v) is 4.89. The number of rotatable bonds is 5. The van der Waals surface area contributed by atoms with E-state index in [0.29, 0.717) is 13.1 Å². The molecule has 0 unspecified atom stereocenters. The predicted octanol–water partition coefficient (Wildman–Crippen LogP) is 0.211. The van der Waals surface area contributed by atoms with Gasteiger partial charge in [0, 0.05) is 19.3 Å². The third kappa shape index (κ3) is 2.20. The van der Waals surface area contributed by atoms with E-state index in [0.717, 1.165) is 23.3 Å². The Labute approximate surface area is 116 Å². The first-order chi connectivity index (χ1) is 9.69. The third-order valence-electron chi connectivity index (χ3n) is 3.52. The molecule has 7 nitrogen and oxygen atoms in total. The van der Waals surface area contributed by atoms with Gasteiger partial charge in [0.2, 0.25) is 5.91 Å². The van der Waals surface area contributed by atoms with Gasteiger partial charge in [-0.15, -0.1) is 0 Å². The molecule has 1 aliphatic heterocycles. The van der Waals surface area contributed by atoms with Gasteiger partial charge in [-0.2, -0.15) is 0 Å². The number of hydrogen-bond donors (Lipinski definition) is 2. The van der Waals surface area contributed by atoms with Gasteiger partial charge in [-0.3, -0.25) is 4.79 Å². The third-order valence-corrected chi connectivity index (χ3v) is 3.52. The van der Waals surface area contributed by atoms with Crippen molar-refractivity contribution in [3.8, 4) is 0 Å². The molecule has 0 radical (unpaired) electrons. The van der Waals surface area contributed by atoms with Crippen LogP contribution in [0.25, 0.3) is 11.0 Å². The van der Waals surface area contributed by atoms with Crippen molar-refractivity contribution >= 4 is 22.8 Å². The fourth-order valence-electron chi connectivity index (χ4n) is 2.44. The maximum absolute atomic E-state index is 10.7. The highest BCUT2D eigenvalue weighted by Crippen LogP contribution is 2.30. The van der Waals surface area contributed by atoms with Crippen molar-refractivity contribution < 1.29 is 9.53 Å². The van der Waals surface area contributed by atoms with Crippen LogP contribution < -0.4 is 10.6 Å². The van der Waals surface area contributed by atoms with Gasteiger partial charge in [-0.25, -0.2) is 9.97 Å². The van der Waals surface area contributed by atoms with E-state index < -0.39 is 5.91 Å². The molecule has 0 bridgehead atoms. The van der Waals surface area contributed by atoms with Crippen LogP contribution in [0.1, 0.15) is 12.5 Å². The number of aromatic nitrogens is 3. The lowest BCUT2D eigenvalue weighted by Crippen LogP contribution is -2.53. The first-order valence-corrected chi connectivity index (χ1v) is 6.64. The fraction of sp³-hybridized carbons (Fsp3) is 0.462. The van der Waals surface area contributed by atoms with Gasteiger partial charge in [0.05, 0.1) is 11.5 Å². The lowest BCUT2D eigenvalue weighted by molar-refractivity contribution is -0.125. The number of fused-ring (bicyclic) bond motifs is 1. The number of hydrogen-bond acceptors (Lipinski definition) is 5. The van der Waals surface area contributed by atoms with E-state index in [2.05, 4.69) is 26.8 Å². The quantitative estimate of drug-likeness (QED) is 0.813. The Kier molecular flexibility index (Phi) is 3.27. The number of nitrogens with two attached hydrogens (primary N) is 1. The molecule has 1 saturated heterocycles. The molecule has 2 aromatic heterocycles. The minimum absolute atomic E-state index is 0.0257. The Morgan fingerprint density at radius 2 is 2.35 bits per heavy atom. The van der Waals surface area contributed by atoms with E-state index in [1.54, 1.807) is 6.33 Å². The van der Waals surface area contributed by atoms with Gasteiger partial charge in [0.25, 0.3) is 0 Å². The highest BCUT2D eigenvalue weighted by Gasteiger charge is 2.30. The average Bonchev–Trinajstić information content (AvgIpc) is 2.80. The Balaban J connectivity index is 1.76. The maximum Gasteiger partial charge on any atom is 0.243 e. The molecule has 20 heavy (non-hydrogen) atoms. The van der Waals surface area contributed by atoms with Crippen LogP contribution in [0.5, 0.6) is 0 Å². The molecule has 1 aliphatic rings. The lowest BCUT2D eigenvalue weighted by Gasteiger charge is -2.39. The van der Waals surface area contributed by atoms with E-state index in [4.69, 9.17) is 10.5 Å². The molecule has 7 heteroatoms. The summed E-state index contributed by atoms with van der Waals surface area (Å²) in [6, 6.07) is 0. The van der Waals surface area contributed by atoms with Crippen molar-refractivity contribution in [3.63, 3.8) is 0 Å². The van der Waals surface area contributed by atoms with Crippen LogP contribution in [0.2, 0.25) is 0 Å². The molecule has 0 aromatic carbocycles. The zero-order valence-corrected chi connectivity index (χ0v) is 11.3. The zero-order valence-electron chi connectivity index (χ0n) is 11.3. The van der Waals surface area contributed by atoms with Crippen LogP contribution in [-0.2, 0) is 16.0 Å². The number of carbonyl (C=O) groups excluding carboxylic acids is 1. The number of primary amides is 1. The van der Waals surface area contributed by atoms with Crippen LogP contribution in [0.3, 0.4) is 0 Å². The number of aromatic amines is 1. The number of amides is 1. The van der Waals surface area contributed by atoms with Crippen LogP contribution in [0.15, 0.2) is 12.5 Å². The molecule has 0 atom stereocenters. The lowest BCUT2D eigenvalue weighted by atomic mass is 10.1. The Morgan fingerprint density at radius 1 is 1.55 bits per heavy atom. The van der Waals surface area contributed by atoms with E-state index >= 15 is 0 Å². The number of ether oxygens (including phenoxy) is 1. The Bertz CT molecular complexity index is 633. The molecular weight excluding hydrogens is 258 g/mol. The highest BCUT2D eigenvalue weighted by molar-refractivity contribution is 5.91. The summed E-state index contributed by atoms with van der Waals surface area (Å²) in [5.41, 5.74) is 7.12. The Morgan fingerprint density at radius 3 is 3.05 bits per heavy atom. The highest BCUT2D eigenvalue weighted by atomic mass is 16.5. The Hall–Kier alpha value is -2.15. The van der Waals surface area contributed by atoms with Crippen LogP contribution in [-0.4, -0.2) is 46.7 Å². The van der Waals surface area contributed by atoms with Crippen molar-refractivity contribution in [1.82, 2.24) is 15.0 Å². The summed E-state index contributed by atoms with van der Waals surface area (Å²) in [5, 5.41) is 1.07. The van der Waals surface area contributed by atoms with Crippen LogP contribution in [0.4, 0.5) is 5.82 Å². The van der Waals surface area contributed by atoms with Gasteiger partial charge in [-0.05, 0) is 12.0 Å². The molecule has 0 spiro atoms. The van der Waals surface area contributed by atoms with Gasteiger partial charge in [0.15, 0.2) is 0 Å². The summed E-state index contributed by atoms with van der Waals surface area (Å²) >= 11 is 0. The van der Waals surface area contributed by atoms with Gasteiger partial charge in [-0.1, -0.05) is 6.92 Å². The molecule has 3 N–H and O–H groups in total. The summed E-state index contributed by atoms with van der Waals surface area (Å²) in [5.74, 6) is 0.485. The van der Waals surface area contributed by atoms with Crippen molar-refractivity contribution in [2.75, 3.05) is 24.6 Å². The number of nitrogens with zero attached hydrogens (tertiary/aromatic N) is 3. The first kappa shape index (κ1) is 12.9. The molecular formula is C13H17N5O2. The SMILES string of the molecule is CCc1c[nH]c2ncnc(N3CC(OCC(N)=O)C3)c12. The predicted molar refractivity (Wildman–Crippen MR) is 74.4 cm³/mol. The molecule has 1 amide bonds. The molecule has 106 valence electrons. The summed E-state index contributed by atoms with van der Waals surface area (Å²) in [4.78, 5) is 24.6. The number of H-pyrrole nitrogens is 1. The first-order valence-electron chi connectivity index (χ1n) is 6.64. The summed E-state index contributed by atoms with van der Waals surface area (Å²) in [7, 11) is 0. The average molecular weight is 275 g/mol. The minimum Gasteiger partial charge on any atom is -0.368 e. The second-order valence-electron chi connectivity index (χ2n) is 4.89. The molecule has 0 aliphatic carbocycles. The van der Waals surface area contributed by atoms with E-state index in [-0.39, 0.29) is 12.7 Å². The molecule has 1 fully saturated rings. The monoisotopic (exact) mass is 275 g/mol. The van der Waals surface area contributed by atoms with Crippen LogP contribution in [0, 0.1) is 0 Å². The normalized spacial score (nSPS) is 15.6. The minimum atomic E-state index is -0.438. The fourth-order valence-corrected chi connectivity index (χ4v) is 2.44. The topological polar surface area (TPSA) is 97.1 Å². The van der Waals surface area contributed by atoms with Gasteiger partial charge >= 0.3 is 0 Å². The molecule has 0 saturated carbocycles. The maximum atomic E-state index is 10.7. The van der Waals surface area contributed by atoms with E-state index in [1.807, 2.05) is 6.20 Å². The number of anilines is 1. The van der Waals surface area contributed by atoms with Gasteiger partial charge < -0.3 is 20.4 Å². The number of aryl methyl sites for hydroxylation is 1. The molecule has 3 heterocycles.